The Balaban J connectivity index is 1.20. The summed E-state index contributed by atoms with van der Waals surface area (Å²) < 4.78 is 6.59. The highest BCUT2D eigenvalue weighted by Gasteiger charge is 2.37. The molecule has 0 saturated carbocycles. The SMILES string of the molecule is CC1(C)c2ccccc2-c2c1cc(-c1c3c(c(-c4ccc5c(c4)oc4cc6ccccc6cc45)c4ccccc14)CCC=C3)c1ccccc21. The third kappa shape index (κ3) is 3.72. The van der Waals surface area contributed by atoms with E-state index >= 15 is 0 Å². The van der Waals surface area contributed by atoms with E-state index in [2.05, 4.69) is 159 Å². The molecule has 0 unspecified atom stereocenters. The molecule has 0 fully saturated rings. The van der Waals surface area contributed by atoms with Gasteiger partial charge in [-0.05, 0) is 131 Å². The van der Waals surface area contributed by atoms with E-state index in [1.165, 1.54) is 93.3 Å². The highest BCUT2D eigenvalue weighted by molar-refractivity contribution is 6.18. The highest BCUT2D eigenvalue weighted by atomic mass is 16.3. The van der Waals surface area contributed by atoms with Crippen molar-refractivity contribution in [2.75, 3.05) is 0 Å². The van der Waals surface area contributed by atoms with Crippen LogP contribution in [0.25, 0.3) is 93.7 Å². The largest absolute Gasteiger partial charge is 0.456 e. The van der Waals surface area contributed by atoms with Crippen LogP contribution < -0.4 is 0 Å². The second kappa shape index (κ2) is 10.1. The molecule has 0 N–H and O–H groups in total. The molecular formula is C49H34O. The third-order valence-corrected chi connectivity index (χ3v) is 11.7. The summed E-state index contributed by atoms with van der Waals surface area (Å²) in [5.41, 5.74) is 15.4. The van der Waals surface area contributed by atoms with Crippen LogP contribution in [0.2, 0.25) is 0 Å². The van der Waals surface area contributed by atoms with Crippen LogP contribution in [0, 0.1) is 0 Å². The van der Waals surface area contributed by atoms with Crippen LogP contribution in [0.5, 0.6) is 0 Å². The maximum atomic E-state index is 6.59. The summed E-state index contributed by atoms with van der Waals surface area (Å²) in [4.78, 5) is 0. The summed E-state index contributed by atoms with van der Waals surface area (Å²) in [6, 6.07) is 49.5. The van der Waals surface area contributed by atoms with Crippen molar-refractivity contribution in [2.24, 2.45) is 0 Å². The number of rotatable bonds is 2. The molecule has 1 heteroatoms. The quantitative estimate of drug-likeness (QED) is 0.184. The fraction of sp³-hybridized carbons (Fsp3) is 0.102. The molecule has 50 heavy (non-hydrogen) atoms. The summed E-state index contributed by atoms with van der Waals surface area (Å²) in [6.45, 7) is 4.78. The van der Waals surface area contributed by atoms with E-state index < -0.39 is 0 Å². The van der Waals surface area contributed by atoms with Gasteiger partial charge >= 0.3 is 0 Å². The molecule has 1 nitrogen and oxygen atoms in total. The fourth-order valence-electron chi connectivity index (χ4n) is 9.38. The minimum Gasteiger partial charge on any atom is -0.456 e. The molecule has 0 radical (unpaired) electrons. The Kier molecular flexibility index (Phi) is 5.63. The van der Waals surface area contributed by atoms with Gasteiger partial charge in [0.15, 0.2) is 0 Å². The Bertz CT molecular complexity index is 2950. The lowest BCUT2D eigenvalue weighted by atomic mass is 9.77. The summed E-state index contributed by atoms with van der Waals surface area (Å²) >= 11 is 0. The van der Waals surface area contributed by atoms with Crippen LogP contribution >= 0.6 is 0 Å². The van der Waals surface area contributed by atoms with Crippen molar-refractivity contribution in [3.05, 3.63) is 162 Å². The minimum absolute atomic E-state index is 0.0931. The Labute approximate surface area is 291 Å². The van der Waals surface area contributed by atoms with Crippen LogP contribution in [0.3, 0.4) is 0 Å². The number of fused-ring (bicyclic) bond motifs is 11. The average Bonchev–Trinajstić information content (AvgIpc) is 3.62. The third-order valence-electron chi connectivity index (χ3n) is 11.7. The molecule has 2 aliphatic rings. The standard InChI is InChI=1S/C49H34O/c1-49(2)42-22-12-11-21-39(42)48-34-16-6-5-15-32(34)41(28-43(48)49)47-37-19-9-7-17-35(37)46(36-18-8-10-20-38(36)47)31-23-24-33-40-25-29-13-3-4-14-30(29)26-45(40)50-44(33)27-31/h3-7,9-17,19-28H,8,18H2,1-2H3. The monoisotopic (exact) mass is 638 g/mol. The maximum absolute atomic E-state index is 6.59. The van der Waals surface area contributed by atoms with Crippen LogP contribution in [-0.4, -0.2) is 0 Å². The lowest BCUT2D eigenvalue weighted by molar-refractivity contribution is 0.661. The van der Waals surface area contributed by atoms with E-state index in [4.69, 9.17) is 4.42 Å². The predicted octanol–water partition coefficient (Wildman–Crippen LogP) is 13.6. The van der Waals surface area contributed by atoms with E-state index in [0.29, 0.717) is 0 Å². The molecule has 0 saturated heterocycles. The van der Waals surface area contributed by atoms with E-state index in [9.17, 15) is 0 Å². The Hall–Kier alpha value is -5.92. The zero-order chi connectivity index (χ0) is 33.1. The van der Waals surface area contributed by atoms with Crippen molar-refractivity contribution in [3.63, 3.8) is 0 Å². The van der Waals surface area contributed by atoms with Gasteiger partial charge in [-0.1, -0.05) is 129 Å². The van der Waals surface area contributed by atoms with Gasteiger partial charge in [0.1, 0.15) is 11.2 Å². The number of hydrogen-bond acceptors (Lipinski definition) is 1. The molecule has 11 rings (SSSR count). The molecule has 0 aliphatic heterocycles. The predicted molar refractivity (Wildman–Crippen MR) is 212 cm³/mol. The Morgan fingerprint density at radius 2 is 1.16 bits per heavy atom. The van der Waals surface area contributed by atoms with Crippen molar-refractivity contribution >= 4 is 60.3 Å². The maximum Gasteiger partial charge on any atom is 0.136 e. The number of furan rings is 1. The van der Waals surface area contributed by atoms with E-state index in [1.807, 2.05) is 0 Å². The average molecular weight is 639 g/mol. The first-order valence-corrected chi connectivity index (χ1v) is 17.8. The van der Waals surface area contributed by atoms with E-state index in [-0.39, 0.29) is 5.41 Å². The molecule has 1 heterocycles. The number of hydrogen-bond donors (Lipinski definition) is 0. The highest BCUT2D eigenvalue weighted by Crippen LogP contribution is 2.55. The molecule has 0 spiro atoms. The van der Waals surface area contributed by atoms with Gasteiger partial charge in [0.2, 0.25) is 0 Å². The number of benzene rings is 8. The molecule has 2 aliphatic carbocycles. The summed E-state index contributed by atoms with van der Waals surface area (Å²) in [5.74, 6) is 0. The van der Waals surface area contributed by atoms with Gasteiger partial charge in [0, 0.05) is 16.2 Å². The normalized spacial score (nSPS) is 14.5. The molecule has 0 atom stereocenters. The fourth-order valence-corrected chi connectivity index (χ4v) is 9.38. The first-order valence-electron chi connectivity index (χ1n) is 17.8. The van der Waals surface area contributed by atoms with Crippen molar-refractivity contribution in [1.82, 2.24) is 0 Å². The summed E-state index contributed by atoms with van der Waals surface area (Å²) in [7, 11) is 0. The Morgan fingerprint density at radius 3 is 1.98 bits per heavy atom. The van der Waals surface area contributed by atoms with Gasteiger partial charge < -0.3 is 4.42 Å². The van der Waals surface area contributed by atoms with Crippen LogP contribution in [0.4, 0.5) is 0 Å². The van der Waals surface area contributed by atoms with Gasteiger partial charge in [-0.25, -0.2) is 0 Å². The van der Waals surface area contributed by atoms with Crippen molar-refractivity contribution in [3.8, 4) is 33.4 Å². The first-order chi connectivity index (χ1) is 24.6. The smallest absolute Gasteiger partial charge is 0.136 e. The molecule has 0 bridgehead atoms. The van der Waals surface area contributed by atoms with Crippen molar-refractivity contribution < 1.29 is 4.42 Å². The lowest BCUT2D eigenvalue weighted by Gasteiger charge is -2.26. The summed E-state index contributed by atoms with van der Waals surface area (Å²) in [6.07, 6.45) is 6.80. The molecular weight excluding hydrogens is 605 g/mol. The van der Waals surface area contributed by atoms with Crippen LogP contribution in [0.1, 0.15) is 42.5 Å². The second-order valence-corrected chi connectivity index (χ2v) is 14.7. The molecule has 9 aromatic rings. The first kappa shape index (κ1) is 28.0. The van der Waals surface area contributed by atoms with E-state index in [1.54, 1.807) is 0 Å². The summed E-state index contributed by atoms with van der Waals surface area (Å²) in [5, 5.41) is 10.0. The minimum atomic E-state index is -0.0931. The lowest BCUT2D eigenvalue weighted by Crippen LogP contribution is -2.15. The Morgan fingerprint density at radius 1 is 0.500 bits per heavy atom. The number of allylic oxidation sites excluding steroid dienone is 1. The van der Waals surface area contributed by atoms with Crippen LogP contribution in [0.15, 0.2) is 144 Å². The molecule has 0 amide bonds. The van der Waals surface area contributed by atoms with Gasteiger partial charge in [0.25, 0.3) is 0 Å². The van der Waals surface area contributed by atoms with Gasteiger partial charge in [-0.2, -0.15) is 0 Å². The van der Waals surface area contributed by atoms with E-state index in [0.717, 1.165) is 29.4 Å². The molecule has 236 valence electrons. The van der Waals surface area contributed by atoms with Crippen molar-refractivity contribution in [2.45, 2.75) is 32.1 Å². The zero-order valence-electron chi connectivity index (χ0n) is 28.2. The zero-order valence-corrected chi connectivity index (χ0v) is 28.2. The van der Waals surface area contributed by atoms with Gasteiger partial charge in [-0.15, -0.1) is 0 Å². The molecule has 8 aromatic carbocycles. The second-order valence-electron chi connectivity index (χ2n) is 14.7. The van der Waals surface area contributed by atoms with Gasteiger partial charge in [0.05, 0.1) is 0 Å². The van der Waals surface area contributed by atoms with Crippen molar-refractivity contribution in [1.29, 1.82) is 0 Å². The van der Waals surface area contributed by atoms with Crippen LogP contribution in [-0.2, 0) is 11.8 Å². The molecule has 1 aromatic heterocycles. The topological polar surface area (TPSA) is 13.1 Å². The van der Waals surface area contributed by atoms with Gasteiger partial charge in [-0.3, -0.25) is 0 Å².